The number of phenolic OH excluding ortho intramolecular Hbond substituents is 2. The van der Waals surface area contributed by atoms with Gasteiger partial charge in [0.1, 0.15) is 6.54 Å². The number of carbonyl (C=O) groups is 2. The second-order valence-electron chi connectivity index (χ2n) is 5.96. The highest BCUT2D eigenvalue weighted by Gasteiger charge is 2.48. The van der Waals surface area contributed by atoms with Crippen LogP contribution in [0, 0.1) is 0 Å². The van der Waals surface area contributed by atoms with E-state index in [0.717, 1.165) is 5.56 Å². The van der Waals surface area contributed by atoms with Crippen molar-refractivity contribution >= 4 is 11.9 Å². The van der Waals surface area contributed by atoms with Gasteiger partial charge in [0, 0.05) is 0 Å². The van der Waals surface area contributed by atoms with E-state index in [1.807, 2.05) is 13.8 Å². The van der Waals surface area contributed by atoms with Crippen molar-refractivity contribution in [1.29, 1.82) is 0 Å². The average Bonchev–Trinajstić information content (AvgIpc) is 2.84. The lowest BCUT2D eigenvalue weighted by molar-refractivity contribution is -0.148. The highest BCUT2D eigenvalue weighted by Crippen LogP contribution is 2.31. The smallest absolute Gasteiger partial charge is 0.325 e. The number of rotatable bonds is 6. The number of hydrogen-bond donors (Lipinski definition) is 3. The standard InChI is InChI=1S/C17H24N2O5/c1-4-17(5-2)18-12(16(23)19(17)10-15(22)24-3)8-11-6-7-13(20)14(21)9-11/h6-7,9,12,18,20-21H,4-5,8,10H2,1-3H3/t12-/m0/s1. The highest BCUT2D eigenvalue weighted by atomic mass is 16.5. The summed E-state index contributed by atoms with van der Waals surface area (Å²) in [6, 6.07) is 3.99. The van der Waals surface area contributed by atoms with E-state index in [0.29, 0.717) is 19.3 Å². The van der Waals surface area contributed by atoms with E-state index in [9.17, 15) is 19.8 Å². The fourth-order valence-corrected chi connectivity index (χ4v) is 3.19. The molecule has 0 aromatic heterocycles. The molecule has 1 aliphatic rings. The number of nitrogens with one attached hydrogen (secondary N) is 1. The molecule has 1 amide bonds. The normalized spacial score (nSPS) is 19.5. The molecule has 2 rings (SSSR count). The van der Waals surface area contributed by atoms with Crippen LogP contribution in [0.2, 0.25) is 0 Å². The summed E-state index contributed by atoms with van der Waals surface area (Å²) in [4.78, 5) is 26.0. The minimum atomic E-state index is -0.588. The van der Waals surface area contributed by atoms with Gasteiger partial charge in [0.25, 0.3) is 0 Å². The molecule has 1 aromatic rings. The first-order valence-corrected chi connectivity index (χ1v) is 8.03. The Morgan fingerprint density at radius 2 is 1.96 bits per heavy atom. The maximum atomic E-state index is 12.8. The Bertz CT molecular complexity index is 627. The summed E-state index contributed by atoms with van der Waals surface area (Å²) in [7, 11) is 1.30. The summed E-state index contributed by atoms with van der Waals surface area (Å²) < 4.78 is 4.70. The molecule has 24 heavy (non-hydrogen) atoms. The van der Waals surface area contributed by atoms with E-state index in [2.05, 4.69) is 5.32 Å². The van der Waals surface area contributed by atoms with Crippen LogP contribution in [0.15, 0.2) is 18.2 Å². The van der Waals surface area contributed by atoms with Crippen molar-refractivity contribution in [2.45, 2.75) is 44.8 Å². The Morgan fingerprint density at radius 3 is 2.50 bits per heavy atom. The van der Waals surface area contributed by atoms with Gasteiger partial charge in [-0.25, -0.2) is 0 Å². The summed E-state index contributed by atoms with van der Waals surface area (Å²) in [6.07, 6.45) is 1.67. The molecule has 132 valence electrons. The third kappa shape index (κ3) is 3.31. The molecule has 0 bridgehead atoms. The van der Waals surface area contributed by atoms with Crippen LogP contribution < -0.4 is 5.32 Å². The van der Waals surface area contributed by atoms with Crippen molar-refractivity contribution in [3.63, 3.8) is 0 Å². The molecule has 7 nitrogen and oxygen atoms in total. The SMILES string of the molecule is CCC1(CC)N[C@@H](Cc2ccc(O)c(O)c2)C(=O)N1CC(=O)OC. The number of carbonyl (C=O) groups excluding carboxylic acids is 2. The van der Waals surface area contributed by atoms with Crippen LogP contribution >= 0.6 is 0 Å². The predicted molar refractivity (Wildman–Crippen MR) is 87.4 cm³/mol. The zero-order chi connectivity index (χ0) is 17.9. The molecule has 1 saturated heterocycles. The van der Waals surface area contributed by atoms with Gasteiger partial charge < -0.3 is 19.8 Å². The van der Waals surface area contributed by atoms with Gasteiger partial charge in [-0.1, -0.05) is 19.9 Å². The molecule has 1 heterocycles. The van der Waals surface area contributed by atoms with Gasteiger partial charge in [0.15, 0.2) is 11.5 Å². The minimum Gasteiger partial charge on any atom is -0.504 e. The van der Waals surface area contributed by atoms with E-state index in [-0.39, 0.29) is 24.0 Å². The fraction of sp³-hybridized carbons (Fsp3) is 0.529. The monoisotopic (exact) mass is 336 g/mol. The number of nitrogens with zero attached hydrogens (tertiary/aromatic N) is 1. The highest BCUT2D eigenvalue weighted by molar-refractivity contribution is 5.89. The van der Waals surface area contributed by atoms with Crippen LogP contribution in [0.5, 0.6) is 11.5 Å². The first kappa shape index (κ1) is 18.1. The van der Waals surface area contributed by atoms with Crippen LogP contribution in [-0.4, -0.2) is 52.3 Å². The third-order valence-electron chi connectivity index (χ3n) is 4.69. The molecule has 0 unspecified atom stereocenters. The van der Waals surface area contributed by atoms with Gasteiger partial charge in [-0.2, -0.15) is 0 Å². The summed E-state index contributed by atoms with van der Waals surface area (Å²) in [5.41, 5.74) is 0.131. The zero-order valence-electron chi connectivity index (χ0n) is 14.2. The van der Waals surface area contributed by atoms with Crippen LogP contribution in [0.4, 0.5) is 0 Å². The number of phenols is 2. The second kappa shape index (κ2) is 7.09. The average molecular weight is 336 g/mol. The minimum absolute atomic E-state index is 0.0959. The lowest BCUT2D eigenvalue weighted by Crippen LogP contribution is -2.53. The molecule has 1 aromatic carbocycles. The van der Waals surface area contributed by atoms with Gasteiger partial charge in [-0.15, -0.1) is 0 Å². The maximum Gasteiger partial charge on any atom is 0.325 e. The molecule has 1 aliphatic heterocycles. The van der Waals surface area contributed by atoms with Crippen LogP contribution in [0.3, 0.4) is 0 Å². The van der Waals surface area contributed by atoms with Crippen molar-refractivity contribution in [1.82, 2.24) is 10.2 Å². The van der Waals surface area contributed by atoms with Crippen LogP contribution in [0.1, 0.15) is 32.3 Å². The quantitative estimate of drug-likeness (QED) is 0.532. The zero-order valence-corrected chi connectivity index (χ0v) is 14.2. The number of aromatic hydroxyl groups is 2. The number of hydrogen-bond acceptors (Lipinski definition) is 6. The molecule has 3 N–H and O–H groups in total. The fourth-order valence-electron chi connectivity index (χ4n) is 3.19. The first-order valence-electron chi connectivity index (χ1n) is 8.03. The van der Waals surface area contributed by atoms with Gasteiger partial charge >= 0.3 is 5.97 Å². The molecule has 0 radical (unpaired) electrons. The van der Waals surface area contributed by atoms with Crippen LogP contribution in [-0.2, 0) is 20.7 Å². The molecule has 0 saturated carbocycles. The van der Waals surface area contributed by atoms with E-state index in [1.54, 1.807) is 11.0 Å². The van der Waals surface area contributed by atoms with Gasteiger partial charge in [0.2, 0.25) is 5.91 Å². The molecule has 0 spiro atoms. The second-order valence-corrected chi connectivity index (χ2v) is 5.96. The van der Waals surface area contributed by atoms with Crippen molar-refractivity contribution in [2.75, 3.05) is 13.7 Å². The van der Waals surface area contributed by atoms with Crippen molar-refractivity contribution in [3.05, 3.63) is 23.8 Å². The topological polar surface area (TPSA) is 99.1 Å². The summed E-state index contributed by atoms with van der Waals surface area (Å²) in [5.74, 6) is -1.05. The largest absolute Gasteiger partial charge is 0.504 e. The lowest BCUT2D eigenvalue weighted by Gasteiger charge is -2.36. The number of amides is 1. The number of benzene rings is 1. The predicted octanol–water partition coefficient (Wildman–Crippen LogP) is 1.13. The van der Waals surface area contributed by atoms with E-state index < -0.39 is 17.7 Å². The Hall–Kier alpha value is -2.28. The van der Waals surface area contributed by atoms with E-state index >= 15 is 0 Å². The van der Waals surface area contributed by atoms with Crippen molar-refractivity contribution in [3.8, 4) is 11.5 Å². The number of methoxy groups -OCH3 is 1. The molecule has 1 atom stereocenters. The molecule has 1 fully saturated rings. The molecule has 7 heteroatoms. The van der Waals surface area contributed by atoms with E-state index in [1.165, 1.54) is 19.2 Å². The molecular weight excluding hydrogens is 312 g/mol. The van der Waals surface area contributed by atoms with Crippen molar-refractivity contribution in [2.24, 2.45) is 0 Å². The maximum absolute atomic E-state index is 12.8. The van der Waals surface area contributed by atoms with Crippen molar-refractivity contribution < 1.29 is 24.5 Å². The Morgan fingerprint density at radius 1 is 1.29 bits per heavy atom. The lowest BCUT2D eigenvalue weighted by atomic mass is 10.0. The molecule has 0 aliphatic carbocycles. The summed E-state index contributed by atoms with van der Waals surface area (Å²) in [6.45, 7) is 3.83. The number of ether oxygens (including phenoxy) is 1. The Labute approximate surface area is 141 Å². The van der Waals surface area contributed by atoms with Gasteiger partial charge in [0.05, 0.1) is 18.8 Å². The first-order chi connectivity index (χ1) is 11.4. The summed E-state index contributed by atoms with van der Waals surface area (Å²) in [5, 5.41) is 22.3. The Kier molecular flexibility index (Phi) is 5.33. The molecular formula is C17H24N2O5. The number of esters is 1. The Balaban J connectivity index is 2.24. The van der Waals surface area contributed by atoms with Gasteiger partial charge in [-0.05, 0) is 37.0 Å². The van der Waals surface area contributed by atoms with Crippen LogP contribution in [0.25, 0.3) is 0 Å². The van der Waals surface area contributed by atoms with E-state index in [4.69, 9.17) is 4.74 Å². The summed E-state index contributed by atoms with van der Waals surface area (Å²) >= 11 is 0. The third-order valence-corrected chi connectivity index (χ3v) is 4.69. The van der Waals surface area contributed by atoms with Gasteiger partial charge in [-0.3, -0.25) is 14.9 Å².